The normalized spacial score (nSPS) is 12.1. The van der Waals surface area contributed by atoms with Crippen molar-refractivity contribution in [2.24, 2.45) is 0 Å². The van der Waals surface area contributed by atoms with Gasteiger partial charge in [-0.3, -0.25) is 4.79 Å². The molecule has 0 aliphatic heterocycles. The standard InChI is InChI=1S/C20H24FNO3/c1-13(2)25-12-17-11-16(7-10-19(17)24-4)20(23)22-14(3)15-5-8-18(21)9-6-15/h5-11,13-14H,12H2,1-4H3,(H,22,23)/t14-/m1/s1. The smallest absolute Gasteiger partial charge is 0.251 e. The fourth-order valence-electron chi connectivity index (χ4n) is 2.40. The maximum atomic E-state index is 13.0. The molecule has 134 valence electrons. The quantitative estimate of drug-likeness (QED) is 0.816. The average Bonchev–Trinajstić information content (AvgIpc) is 2.60. The fourth-order valence-corrected chi connectivity index (χ4v) is 2.40. The summed E-state index contributed by atoms with van der Waals surface area (Å²) in [5.74, 6) is 0.182. The number of carbonyl (C=O) groups is 1. The van der Waals surface area contributed by atoms with Crippen LogP contribution in [-0.4, -0.2) is 19.1 Å². The first-order chi connectivity index (χ1) is 11.9. The predicted molar refractivity (Wildman–Crippen MR) is 95.2 cm³/mol. The first-order valence-electron chi connectivity index (χ1n) is 8.25. The molecule has 0 unspecified atom stereocenters. The molecule has 0 saturated heterocycles. The average molecular weight is 345 g/mol. The summed E-state index contributed by atoms with van der Waals surface area (Å²) in [6.45, 7) is 6.13. The van der Waals surface area contributed by atoms with Gasteiger partial charge < -0.3 is 14.8 Å². The summed E-state index contributed by atoms with van der Waals surface area (Å²) >= 11 is 0. The summed E-state index contributed by atoms with van der Waals surface area (Å²) in [5.41, 5.74) is 2.18. The van der Waals surface area contributed by atoms with E-state index in [9.17, 15) is 9.18 Å². The molecule has 25 heavy (non-hydrogen) atoms. The molecule has 1 amide bonds. The van der Waals surface area contributed by atoms with Crippen molar-refractivity contribution in [2.75, 3.05) is 7.11 Å². The Morgan fingerprint density at radius 2 is 1.80 bits per heavy atom. The van der Waals surface area contributed by atoms with Crippen molar-refractivity contribution < 1.29 is 18.7 Å². The molecule has 0 heterocycles. The van der Waals surface area contributed by atoms with Gasteiger partial charge in [-0.05, 0) is 56.7 Å². The van der Waals surface area contributed by atoms with E-state index in [2.05, 4.69) is 5.32 Å². The zero-order chi connectivity index (χ0) is 18.4. The first kappa shape index (κ1) is 18.9. The van der Waals surface area contributed by atoms with Gasteiger partial charge in [0.1, 0.15) is 11.6 Å². The van der Waals surface area contributed by atoms with Crippen LogP contribution in [0, 0.1) is 5.82 Å². The number of ether oxygens (including phenoxy) is 2. The van der Waals surface area contributed by atoms with Crippen LogP contribution in [0.1, 0.15) is 48.3 Å². The van der Waals surface area contributed by atoms with Crippen LogP contribution < -0.4 is 10.1 Å². The molecule has 0 aromatic heterocycles. The maximum absolute atomic E-state index is 13.0. The number of amides is 1. The predicted octanol–water partition coefficient (Wildman–Crippen LogP) is 4.25. The zero-order valence-electron chi connectivity index (χ0n) is 15.0. The molecule has 2 aromatic carbocycles. The molecule has 0 aliphatic carbocycles. The molecule has 5 heteroatoms. The van der Waals surface area contributed by atoms with Crippen molar-refractivity contribution in [3.05, 3.63) is 65.0 Å². The van der Waals surface area contributed by atoms with Crippen LogP contribution >= 0.6 is 0 Å². The lowest BCUT2D eigenvalue weighted by Gasteiger charge is -2.16. The number of benzene rings is 2. The van der Waals surface area contributed by atoms with Crippen LogP contribution in [0.5, 0.6) is 5.75 Å². The molecular formula is C20H24FNO3. The molecule has 0 bridgehead atoms. The van der Waals surface area contributed by atoms with Gasteiger partial charge in [0.2, 0.25) is 0 Å². The van der Waals surface area contributed by atoms with Crippen LogP contribution in [0.2, 0.25) is 0 Å². The fraction of sp³-hybridized carbons (Fsp3) is 0.350. The maximum Gasteiger partial charge on any atom is 0.251 e. The highest BCUT2D eigenvalue weighted by Crippen LogP contribution is 2.22. The molecule has 1 N–H and O–H groups in total. The van der Waals surface area contributed by atoms with E-state index in [0.717, 1.165) is 11.1 Å². The van der Waals surface area contributed by atoms with Crippen molar-refractivity contribution in [3.8, 4) is 5.75 Å². The van der Waals surface area contributed by atoms with Gasteiger partial charge in [-0.2, -0.15) is 0 Å². The number of rotatable bonds is 7. The summed E-state index contributed by atoms with van der Waals surface area (Å²) in [7, 11) is 1.59. The van der Waals surface area contributed by atoms with Crippen LogP contribution in [0.4, 0.5) is 4.39 Å². The molecule has 1 atom stereocenters. The monoisotopic (exact) mass is 345 g/mol. The molecule has 2 aromatic rings. The van der Waals surface area contributed by atoms with E-state index in [1.165, 1.54) is 12.1 Å². The van der Waals surface area contributed by atoms with Crippen molar-refractivity contribution in [3.63, 3.8) is 0 Å². The molecule has 0 radical (unpaired) electrons. The lowest BCUT2D eigenvalue weighted by atomic mass is 10.1. The SMILES string of the molecule is COc1ccc(C(=O)N[C@H](C)c2ccc(F)cc2)cc1COC(C)C. The minimum absolute atomic E-state index is 0.0840. The minimum atomic E-state index is -0.299. The Hall–Kier alpha value is -2.40. The minimum Gasteiger partial charge on any atom is -0.496 e. The number of hydrogen-bond donors (Lipinski definition) is 1. The Kier molecular flexibility index (Phi) is 6.53. The summed E-state index contributed by atoms with van der Waals surface area (Å²) in [6, 6.07) is 11.1. The zero-order valence-corrected chi connectivity index (χ0v) is 15.0. The van der Waals surface area contributed by atoms with Crippen LogP contribution in [0.15, 0.2) is 42.5 Å². The number of halogens is 1. The number of hydrogen-bond acceptors (Lipinski definition) is 3. The van der Waals surface area contributed by atoms with Gasteiger partial charge in [0.25, 0.3) is 5.91 Å². The van der Waals surface area contributed by atoms with E-state index in [1.807, 2.05) is 20.8 Å². The van der Waals surface area contributed by atoms with Crippen LogP contribution in [0.3, 0.4) is 0 Å². The summed E-state index contributed by atoms with van der Waals surface area (Å²) < 4.78 is 24.0. The second kappa shape index (κ2) is 8.62. The highest BCUT2D eigenvalue weighted by molar-refractivity contribution is 5.94. The largest absolute Gasteiger partial charge is 0.496 e. The number of carbonyl (C=O) groups excluding carboxylic acids is 1. The molecule has 0 saturated carbocycles. The Balaban J connectivity index is 2.12. The van der Waals surface area contributed by atoms with E-state index >= 15 is 0 Å². The van der Waals surface area contributed by atoms with E-state index < -0.39 is 0 Å². The molecule has 0 fully saturated rings. The third-order valence-electron chi connectivity index (χ3n) is 3.83. The molecular weight excluding hydrogens is 321 g/mol. The number of nitrogens with one attached hydrogen (secondary N) is 1. The van der Waals surface area contributed by atoms with Crippen molar-refractivity contribution in [1.82, 2.24) is 5.32 Å². The number of methoxy groups -OCH3 is 1. The van der Waals surface area contributed by atoms with Gasteiger partial charge in [0.15, 0.2) is 0 Å². The second-order valence-electron chi connectivity index (χ2n) is 6.13. The van der Waals surface area contributed by atoms with E-state index in [-0.39, 0.29) is 23.9 Å². The summed E-state index contributed by atoms with van der Waals surface area (Å²) in [6.07, 6.45) is 0.0840. The highest BCUT2D eigenvalue weighted by Gasteiger charge is 2.14. The first-order valence-corrected chi connectivity index (χ1v) is 8.25. The third-order valence-corrected chi connectivity index (χ3v) is 3.83. The topological polar surface area (TPSA) is 47.6 Å². The Labute approximate surface area is 148 Å². The van der Waals surface area contributed by atoms with Gasteiger partial charge in [-0.15, -0.1) is 0 Å². The van der Waals surface area contributed by atoms with Gasteiger partial charge in [0.05, 0.1) is 25.9 Å². The second-order valence-corrected chi connectivity index (χ2v) is 6.13. The van der Waals surface area contributed by atoms with Crippen molar-refractivity contribution >= 4 is 5.91 Å². The van der Waals surface area contributed by atoms with Crippen molar-refractivity contribution in [2.45, 2.75) is 39.5 Å². The third kappa shape index (κ3) is 5.29. The Morgan fingerprint density at radius 3 is 2.40 bits per heavy atom. The summed E-state index contributed by atoms with van der Waals surface area (Å²) in [4.78, 5) is 12.5. The Morgan fingerprint density at radius 1 is 1.12 bits per heavy atom. The van der Waals surface area contributed by atoms with Gasteiger partial charge in [-0.1, -0.05) is 12.1 Å². The van der Waals surface area contributed by atoms with E-state index in [4.69, 9.17) is 9.47 Å². The van der Waals surface area contributed by atoms with Gasteiger partial charge in [-0.25, -0.2) is 4.39 Å². The van der Waals surface area contributed by atoms with Crippen LogP contribution in [-0.2, 0) is 11.3 Å². The van der Waals surface area contributed by atoms with Gasteiger partial charge in [0, 0.05) is 11.1 Å². The highest BCUT2D eigenvalue weighted by atomic mass is 19.1. The van der Waals surface area contributed by atoms with Gasteiger partial charge >= 0.3 is 0 Å². The Bertz CT molecular complexity index is 713. The van der Waals surface area contributed by atoms with Crippen molar-refractivity contribution in [1.29, 1.82) is 0 Å². The molecule has 2 rings (SSSR count). The lowest BCUT2D eigenvalue weighted by Crippen LogP contribution is -2.26. The molecule has 0 aliphatic rings. The molecule has 4 nitrogen and oxygen atoms in total. The summed E-state index contributed by atoms with van der Waals surface area (Å²) in [5, 5.41) is 2.92. The van der Waals surface area contributed by atoms with E-state index in [1.54, 1.807) is 37.4 Å². The van der Waals surface area contributed by atoms with Crippen LogP contribution in [0.25, 0.3) is 0 Å². The lowest BCUT2D eigenvalue weighted by molar-refractivity contribution is 0.0644. The molecule has 0 spiro atoms. The van der Waals surface area contributed by atoms with E-state index in [0.29, 0.717) is 17.9 Å².